The summed E-state index contributed by atoms with van der Waals surface area (Å²) in [6, 6.07) is 13.5. The molecule has 1 aromatic heterocycles. The number of hydrogen-bond acceptors (Lipinski definition) is 8. The highest BCUT2D eigenvalue weighted by Gasteiger charge is 2.49. The molecule has 2 aromatic carbocycles. The summed E-state index contributed by atoms with van der Waals surface area (Å²) >= 11 is 0. The van der Waals surface area contributed by atoms with Crippen molar-refractivity contribution in [2.24, 2.45) is 0 Å². The van der Waals surface area contributed by atoms with Gasteiger partial charge in [0, 0.05) is 31.7 Å². The quantitative estimate of drug-likeness (QED) is 0.238. The zero-order valence-electron chi connectivity index (χ0n) is 26.2. The van der Waals surface area contributed by atoms with Gasteiger partial charge in [-0.15, -0.1) is 0 Å². The number of nitriles is 1. The first-order valence-electron chi connectivity index (χ1n) is 15.8. The highest BCUT2D eigenvalue weighted by molar-refractivity contribution is 7.92. The fraction of sp³-hybridized carbons (Fsp3) is 0.455. The third-order valence-corrected chi connectivity index (χ3v) is 11.3. The highest BCUT2D eigenvalue weighted by Crippen LogP contribution is 2.40. The molecule has 0 unspecified atom stereocenters. The molecule has 11 nitrogen and oxygen atoms in total. The summed E-state index contributed by atoms with van der Waals surface area (Å²) in [4.78, 5) is 30.0. The molecule has 254 valence electrons. The minimum Gasteiger partial charge on any atom is -0.445 e. The molecule has 15 heteroatoms. The number of benzene rings is 2. The Morgan fingerprint density at radius 1 is 1.04 bits per heavy atom. The van der Waals surface area contributed by atoms with E-state index < -0.39 is 49.8 Å². The largest absolute Gasteiger partial charge is 0.445 e. The molecule has 2 amide bonds. The van der Waals surface area contributed by atoms with Crippen molar-refractivity contribution in [2.45, 2.75) is 80.1 Å². The zero-order valence-corrected chi connectivity index (χ0v) is 27.0. The molecular formula is C33H35F3N6O5S. The smallest absolute Gasteiger partial charge is 0.417 e. The van der Waals surface area contributed by atoms with Gasteiger partial charge in [0.05, 0.1) is 27.4 Å². The molecule has 2 aliphatic heterocycles. The van der Waals surface area contributed by atoms with Crippen molar-refractivity contribution in [3.63, 3.8) is 0 Å². The lowest BCUT2D eigenvalue weighted by atomic mass is 10.1. The number of rotatable bonds is 8. The predicted molar refractivity (Wildman–Crippen MR) is 167 cm³/mol. The van der Waals surface area contributed by atoms with E-state index in [9.17, 15) is 36.4 Å². The molecule has 0 radical (unpaired) electrons. The molecule has 3 fully saturated rings. The molecular weight excluding hydrogens is 649 g/mol. The lowest BCUT2D eigenvalue weighted by molar-refractivity contribution is -0.140. The summed E-state index contributed by atoms with van der Waals surface area (Å²) in [5.41, 5.74) is 0.192. The van der Waals surface area contributed by atoms with Crippen molar-refractivity contribution in [2.75, 3.05) is 24.5 Å². The van der Waals surface area contributed by atoms with Crippen molar-refractivity contribution >= 4 is 27.7 Å². The Kier molecular flexibility index (Phi) is 9.12. The number of piperidine rings is 1. The van der Waals surface area contributed by atoms with Crippen LogP contribution < -0.4 is 4.90 Å². The van der Waals surface area contributed by atoms with Gasteiger partial charge in [0.2, 0.25) is 0 Å². The summed E-state index contributed by atoms with van der Waals surface area (Å²) in [7, 11) is -4.57. The van der Waals surface area contributed by atoms with Crippen molar-refractivity contribution in [3.05, 3.63) is 77.5 Å². The topological polar surface area (TPSA) is 129 Å². The fourth-order valence-corrected chi connectivity index (χ4v) is 8.44. The number of aryl methyl sites for hydroxylation is 1. The van der Waals surface area contributed by atoms with E-state index in [1.165, 1.54) is 6.07 Å². The van der Waals surface area contributed by atoms with E-state index in [2.05, 4.69) is 5.10 Å². The van der Waals surface area contributed by atoms with Crippen molar-refractivity contribution < 1.29 is 35.9 Å². The number of alkyl halides is 3. The van der Waals surface area contributed by atoms with E-state index in [1.54, 1.807) is 27.5 Å². The van der Waals surface area contributed by atoms with E-state index in [0.717, 1.165) is 28.7 Å². The van der Waals surface area contributed by atoms with E-state index in [-0.39, 0.29) is 31.7 Å². The second-order valence-electron chi connectivity index (χ2n) is 12.5. The van der Waals surface area contributed by atoms with Crippen LogP contribution in [-0.4, -0.2) is 77.0 Å². The molecule has 3 aliphatic rings. The van der Waals surface area contributed by atoms with Crippen LogP contribution in [0.5, 0.6) is 0 Å². The van der Waals surface area contributed by atoms with Gasteiger partial charge in [-0.05, 0) is 56.7 Å². The molecule has 2 saturated heterocycles. The first kappa shape index (κ1) is 33.3. The third-order valence-electron chi connectivity index (χ3n) is 9.15. The van der Waals surface area contributed by atoms with Gasteiger partial charge in [-0.1, -0.05) is 42.5 Å². The van der Waals surface area contributed by atoms with Crippen LogP contribution >= 0.6 is 0 Å². The normalized spacial score (nSPS) is 20.4. The number of aromatic nitrogens is 2. The third kappa shape index (κ3) is 6.71. The number of halogens is 3. The van der Waals surface area contributed by atoms with Crippen LogP contribution in [0.3, 0.4) is 0 Å². The van der Waals surface area contributed by atoms with Crippen LogP contribution in [0.2, 0.25) is 0 Å². The number of likely N-dealkylation sites (tertiary alicyclic amines) is 1. The molecule has 2 atom stereocenters. The molecule has 0 spiro atoms. The van der Waals surface area contributed by atoms with Crippen molar-refractivity contribution in [1.29, 1.82) is 5.26 Å². The van der Waals surface area contributed by atoms with E-state index >= 15 is 0 Å². The van der Waals surface area contributed by atoms with Gasteiger partial charge in [0.1, 0.15) is 18.5 Å². The maximum atomic E-state index is 13.9. The summed E-state index contributed by atoms with van der Waals surface area (Å²) in [6.45, 7) is 2.36. The van der Waals surface area contributed by atoms with Crippen LogP contribution in [0.1, 0.15) is 55.0 Å². The van der Waals surface area contributed by atoms with Crippen LogP contribution in [0.4, 0.5) is 23.8 Å². The number of ether oxygens (including phenoxy) is 1. The van der Waals surface area contributed by atoms with Gasteiger partial charge in [-0.3, -0.25) is 4.79 Å². The summed E-state index contributed by atoms with van der Waals surface area (Å²) in [5.74, 6) is -0.158. The van der Waals surface area contributed by atoms with Crippen LogP contribution in [0.15, 0.2) is 65.6 Å². The van der Waals surface area contributed by atoms with Gasteiger partial charge in [0.15, 0.2) is 16.0 Å². The first-order valence-corrected chi connectivity index (χ1v) is 17.3. The van der Waals surface area contributed by atoms with Gasteiger partial charge >= 0.3 is 12.3 Å². The van der Waals surface area contributed by atoms with Gasteiger partial charge in [-0.25, -0.2) is 22.8 Å². The lowest BCUT2D eigenvalue weighted by Crippen LogP contribution is -2.46. The molecule has 3 aromatic rings. The minimum absolute atomic E-state index is 0.143. The summed E-state index contributed by atoms with van der Waals surface area (Å²) < 4.78 is 76.7. The first-order chi connectivity index (χ1) is 22.9. The highest BCUT2D eigenvalue weighted by atomic mass is 32.2. The maximum Gasteiger partial charge on any atom is 0.417 e. The number of carbonyl (C=O) groups is 2. The number of anilines is 1. The molecule has 48 heavy (non-hydrogen) atoms. The molecule has 0 bridgehead atoms. The average Bonchev–Trinajstić information content (AvgIpc) is 3.68. The Morgan fingerprint density at radius 2 is 1.71 bits per heavy atom. The Morgan fingerprint density at radius 3 is 2.35 bits per heavy atom. The number of hydrogen-bond donors (Lipinski definition) is 0. The Hall–Kier alpha value is -4.58. The molecule has 3 heterocycles. The maximum absolute atomic E-state index is 13.9. The number of amides is 2. The lowest BCUT2D eigenvalue weighted by Gasteiger charge is -2.34. The van der Waals surface area contributed by atoms with Crippen molar-refractivity contribution in [1.82, 2.24) is 19.6 Å². The van der Waals surface area contributed by atoms with E-state index in [1.807, 2.05) is 36.5 Å². The van der Waals surface area contributed by atoms with Gasteiger partial charge < -0.3 is 14.5 Å². The minimum atomic E-state index is -4.90. The number of sulfone groups is 1. The Balaban J connectivity index is 1.25. The summed E-state index contributed by atoms with van der Waals surface area (Å²) in [6.07, 6.45) is -1.45. The standard InChI is InChI=1S/C33H35F3N6O5S/c1-22-17-30(42(38-22)25-13-15-39(16-14-25)32(44)47-20-23-7-3-2-4-8-23)40-19-26(18-28(40)31(43)41(21-37)24-11-12-24)48(45,46)29-10-6-5-9-27(29)33(34,35)36/h2-10,17,24-26,28H,11-16,18-20H2,1H3/t26-,28+/m1/s1. The average molecular weight is 685 g/mol. The van der Waals surface area contributed by atoms with E-state index in [4.69, 9.17) is 4.74 Å². The second kappa shape index (κ2) is 13.1. The number of nitrogens with zero attached hydrogens (tertiary/aromatic N) is 6. The monoisotopic (exact) mass is 684 g/mol. The molecule has 6 rings (SSSR count). The number of carbonyl (C=O) groups excluding carboxylic acids is 2. The zero-order chi connectivity index (χ0) is 34.2. The van der Waals surface area contributed by atoms with Crippen molar-refractivity contribution in [3.8, 4) is 6.19 Å². The van der Waals surface area contributed by atoms with Gasteiger partial charge in [-0.2, -0.15) is 23.5 Å². The Labute approximate surface area is 276 Å². The molecule has 1 saturated carbocycles. The van der Waals surface area contributed by atoms with Gasteiger partial charge in [0.25, 0.3) is 5.91 Å². The van der Waals surface area contributed by atoms with Crippen LogP contribution in [-0.2, 0) is 32.2 Å². The van der Waals surface area contributed by atoms with Crippen LogP contribution in [0.25, 0.3) is 0 Å². The summed E-state index contributed by atoms with van der Waals surface area (Å²) in [5, 5.41) is 13.1. The Bertz CT molecular complexity index is 1810. The second-order valence-corrected chi connectivity index (χ2v) is 14.6. The fourth-order valence-electron chi connectivity index (χ4n) is 6.53. The van der Waals surface area contributed by atoms with E-state index in [0.29, 0.717) is 50.3 Å². The molecule has 0 N–H and O–H groups in total. The van der Waals surface area contributed by atoms with Crippen LogP contribution in [0, 0.1) is 18.4 Å². The SMILES string of the molecule is Cc1cc(N2C[C@H](S(=O)(=O)c3ccccc3C(F)(F)F)C[C@H]2C(=O)N(C#N)C2CC2)n(C2CCN(C(=O)OCc3ccccc3)CC2)n1. The molecule has 1 aliphatic carbocycles. The predicted octanol–water partition coefficient (Wildman–Crippen LogP) is 5.08.